The molecule has 0 aliphatic carbocycles. The van der Waals surface area contributed by atoms with E-state index in [9.17, 15) is 24.3 Å². The zero-order valence-electron chi connectivity index (χ0n) is 20.2. The average molecular weight is 486 g/mol. The average Bonchev–Trinajstić information content (AvgIpc) is 3.55. The molecule has 3 heterocycles. The van der Waals surface area contributed by atoms with Gasteiger partial charge < -0.3 is 25.0 Å². The molecule has 1 aromatic carbocycles. The summed E-state index contributed by atoms with van der Waals surface area (Å²) < 4.78 is 20.3. The number of aliphatic hydroxyl groups is 1. The van der Waals surface area contributed by atoms with Crippen molar-refractivity contribution in [2.75, 3.05) is 20.2 Å². The normalized spacial score (nSPS) is 25.4. The first-order valence-electron chi connectivity index (χ1n) is 11.9. The fraction of sp³-hybridized carbons (Fsp3) is 0.560. The number of nitrogens with one attached hydrogen (secondary N) is 3. The number of H-pyrrole nitrogens is 1. The number of amides is 2. The highest BCUT2D eigenvalue weighted by Crippen LogP contribution is 2.36. The molecule has 1 aromatic heterocycles. The third-order valence-corrected chi connectivity index (χ3v) is 7.24. The number of aromatic nitrogens is 1. The van der Waals surface area contributed by atoms with E-state index in [0.29, 0.717) is 24.2 Å². The van der Waals surface area contributed by atoms with Gasteiger partial charge in [-0.15, -0.1) is 0 Å². The van der Waals surface area contributed by atoms with Crippen LogP contribution in [-0.2, 0) is 4.79 Å². The number of likely N-dealkylation sites (tertiary alicyclic amines) is 1. The Kier molecular flexibility index (Phi) is 7.01. The Balaban J connectivity index is 1.56. The highest BCUT2D eigenvalue weighted by atomic mass is 19.1. The molecule has 9 nitrogen and oxygen atoms in total. The van der Waals surface area contributed by atoms with Crippen LogP contribution in [0.1, 0.15) is 43.6 Å². The minimum absolute atomic E-state index is 0.0788. The predicted molar refractivity (Wildman–Crippen MR) is 127 cm³/mol. The lowest BCUT2D eigenvalue weighted by molar-refractivity contribution is -0.125. The predicted octanol–water partition coefficient (Wildman–Crippen LogP) is 2.08. The summed E-state index contributed by atoms with van der Waals surface area (Å²) in [4.78, 5) is 31.3. The van der Waals surface area contributed by atoms with E-state index in [-0.39, 0.29) is 31.0 Å². The van der Waals surface area contributed by atoms with Crippen molar-refractivity contribution in [2.24, 2.45) is 11.8 Å². The van der Waals surface area contributed by atoms with Crippen molar-refractivity contribution >= 4 is 22.7 Å². The Morgan fingerprint density at radius 1 is 1.43 bits per heavy atom. The Bertz CT molecular complexity index is 1140. The minimum Gasteiger partial charge on any atom is -0.496 e. The van der Waals surface area contributed by atoms with E-state index in [4.69, 9.17) is 4.74 Å². The van der Waals surface area contributed by atoms with Gasteiger partial charge in [-0.05, 0) is 57.9 Å². The lowest BCUT2D eigenvalue weighted by Gasteiger charge is -2.25. The van der Waals surface area contributed by atoms with Crippen LogP contribution in [-0.4, -0.2) is 71.0 Å². The molecule has 2 aromatic rings. The van der Waals surface area contributed by atoms with E-state index in [2.05, 4.69) is 21.7 Å². The van der Waals surface area contributed by atoms with Gasteiger partial charge in [-0.1, -0.05) is 6.07 Å². The van der Waals surface area contributed by atoms with Crippen LogP contribution in [0.25, 0.3) is 10.9 Å². The van der Waals surface area contributed by atoms with Gasteiger partial charge in [0.1, 0.15) is 35.4 Å². The van der Waals surface area contributed by atoms with Crippen LogP contribution in [0.4, 0.5) is 4.39 Å². The zero-order valence-corrected chi connectivity index (χ0v) is 20.2. The van der Waals surface area contributed by atoms with Gasteiger partial charge in [0.05, 0.1) is 13.2 Å². The van der Waals surface area contributed by atoms with Crippen LogP contribution in [0.3, 0.4) is 0 Å². The van der Waals surface area contributed by atoms with Crippen molar-refractivity contribution in [2.45, 2.75) is 57.1 Å². The Hall–Kier alpha value is -3.16. The Labute approximate surface area is 203 Å². The van der Waals surface area contributed by atoms with E-state index in [0.717, 1.165) is 5.39 Å². The molecule has 2 amide bonds. The van der Waals surface area contributed by atoms with Crippen LogP contribution in [0.5, 0.6) is 5.75 Å². The number of hydrogen-bond donors (Lipinski definition) is 4. The molecule has 1 unspecified atom stereocenters. The molecule has 4 N–H and O–H groups in total. The second kappa shape index (κ2) is 9.84. The molecule has 10 heteroatoms. The summed E-state index contributed by atoms with van der Waals surface area (Å²) in [6.45, 7) is 3.61. The van der Waals surface area contributed by atoms with E-state index in [1.165, 1.54) is 18.7 Å². The number of carbonyl (C=O) groups is 2. The summed E-state index contributed by atoms with van der Waals surface area (Å²) in [5.41, 5.74) is -0.606. The number of nitriles is 1. The van der Waals surface area contributed by atoms with E-state index >= 15 is 0 Å². The van der Waals surface area contributed by atoms with Crippen LogP contribution >= 0.6 is 0 Å². The summed E-state index contributed by atoms with van der Waals surface area (Å²) in [6, 6.07) is 7.42. The molecule has 0 bridgehead atoms. The maximum atomic E-state index is 14.9. The molecule has 5 atom stereocenters. The van der Waals surface area contributed by atoms with Gasteiger partial charge in [0.2, 0.25) is 5.91 Å². The largest absolute Gasteiger partial charge is 0.496 e. The Morgan fingerprint density at radius 3 is 2.83 bits per heavy atom. The molecule has 35 heavy (non-hydrogen) atoms. The first kappa shape index (κ1) is 24.9. The topological polar surface area (TPSA) is 130 Å². The van der Waals surface area contributed by atoms with Gasteiger partial charge in [0, 0.05) is 29.3 Å². The smallest absolute Gasteiger partial charge is 0.270 e. The number of fused-ring (bicyclic) bond motifs is 1. The number of ether oxygens (including phenoxy) is 1. The number of aromatic amines is 1. The number of carbonyl (C=O) groups excluding carboxylic acids is 2. The molecule has 2 saturated heterocycles. The van der Waals surface area contributed by atoms with Gasteiger partial charge in [-0.25, -0.2) is 4.39 Å². The van der Waals surface area contributed by atoms with E-state index < -0.39 is 41.7 Å². The summed E-state index contributed by atoms with van der Waals surface area (Å²) >= 11 is 0. The molecular weight excluding hydrogens is 453 g/mol. The first-order valence-corrected chi connectivity index (χ1v) is 11.9. The monoisotopic (exact) mass is 485 g/mol. The van der Waals surface area contributed by atoms with Gasteiger partial charge in [0.25, 0.3) is 5.91 Å². The van der Waals surface area contributed by atoms with Gasteiger partial charge in [-0.3, -0.25) is 14.9 Å². The van der Waals surface area contributed by atoms with E-state index in [1.54, 1.807) is 25.3 Å². The second-order valence-electron chi connectivity index (χ2n) is 9.95. The molecule has 0 radical (unpaired) electrons. The van der Waals surface area contributed by atoms with Crippen LogP contribution in [0.15, 0.2) is 24.3 Å². The van der Waals surface area contributed by atoms with Crippen molar-refractivity contribution < 1.29 is 23.8 Å². The SMILES string of the molecule is COc1cccc2[nH]c(C(=O)N3C[C@H](C(C)(C)F)C[C@H]3C(=O)N[C@H](C#N)C[C@@H]3CCNC3O)cc12. The third kappa shape index (κ3) is 5.11. The zero-order chi connectivity index (χ0) is 25.3. The summed E-state index contributed by atoms with van der Waals surface area (Å²) in [7, 11) is 1.55. The van der Waals surface area contributed by atoms with Gasteiger partial charge in [0.15, 0.2) is 0 Å². The summed E-state index contributed by atoms with van der Waals surface area (Å²) in [6.07, 6.45) is 0.418. The van der Waals surface area contributed by atoms with Crippen molar-refractivity contribution in [3.8, 4) is 11.8 Å². The molecule has 4 rings (SSSR count). The highest BCUT2D eigenvalue weighted by Gasteiger charge is 2.46. The van der Waals surface area contributed by atoms with Crippen LogP contribution in [0, 0.1) is 23.2 Å². The van der Waals surface area contributed by atoms with Crippen molar-refractivity contribution in [3.05, 3.63) is 30.0 Å². The summed E-state index contributed by atoms with van der Waals surface area (Å²) in [5, 5.41) is 26.0. The van der Waals surface area contributed by atoms with Crippen LogP contribution in [0.2, 0.25) is 0 Å². The third-order valence-electron chi connectivity index (χ3n) is 7.24. The highest BCUT2D eigenvalue weighted by molar-refractivity contribution is 6.01. The number of rotatable bonds is 7. The van der Waals surface area contributed by atoms with Gasteiger partial charge in [-0.2, -0.15) is 5.26 Å². The molecule has 2 fully saturated rings. The number of benzene rings is 1. The quantitative estimate of drug-likeness (QED) is 0.475. The van der Waals surface area contributed by atoms with Crippen LogP contribution < -0.4 is 15.4 Å². The molecule has 2 aliphatic heterocycles. The fourth-order valence-corrected chi connectivity index (χ4v) is 5.08. The maximum absolute atomic E-state index is 14.9. The molecule has 0 spiro atoms. The number of nitrogens with zero attached hydrogens (tertiary/aromatic N) is 2. The Morgan fingerprint density at radius 2 is 2.20 bits per heavy atom. The van der Waals surface area contributed by atoms with Crippen molar-refractivity contribution in [1.29, 1.82) is 5.26 Å². The second-order valence-corrected chi connectivity index (χ2v) is 9.95. The fourth-order valence-electron chi connectivity index (χ4n) is 5.08. The number of halogens is 1. The molecule has 2 aliphatic rings. The lowest BCUT2D eigenvalue weighted by Crippen LogP contribution is -2.49. The number of alkyl halides is 1. The molecular formula is C25H32FN5O4. The van der Waals surface area contributed by atoms with E-state index in [1.807, 2.05) is 6.07 Å². The number of aliphatic hydroxyl groups excluding tert-OH is 1. The first-order chi connectivity index (χ1) is 16.6. The van der Waals surface area contributed by atoms with Crippen molar-refractivity contribution in [1.82, 2.24) is 20.5 Å². The maximum Gasteiger partial charge on any atom is 0.270 e. The standard InChI is InChI=1S/C25H32FN5O4/c1-25(2,26)15-10-20(23(33)29-16(12-27)9-14-7-8-28-22(14)32)31(13-15)24(34)19-11-17-18(30-19)5-4-6-21(17)35-3/h4-6,11,14-16,20,22,28,30,32H,7-10,13H2,1-3H3,(H,29,33)/t14-,15+,16-,20-,22?/m0/s1. The molecule has 188 valence electrons. The minimum atomic E-state index is -1.59. The number of methoxy groups -OCH3 is 1. The van der Waals surface area contributed by atoms with Crippen molar-refractivity contribution in [3.63, 3.8) is 0 Å². The summed E-state index contributed by atoms with van der Waals surface area (Å²) in [5.74, 6) is -0.996. The molecule has 0 saturated carbocycles. The number of hydrogen-bond acceptors (Lipinski definition) is 6. The van der Waals surface area contributed by atoms with Gasteiger partial charge >= 0.3 is 0 Å². The lowest BCUT2D eigenvalue weighted by atomic mass is 9.90.